The molecule has 68 heavy (non-hydrogen) atoms. The van der Waals surface area contributed by atoms with Gasteiger partial charge in [-0.3, -0.25) is 4.57 Å². The van der Waals surface area contributed by atoms with E-state index in [1.807, 2.05) is 62.4 Å². The van der Waals surface area contributed by atoms with Gasteiger partial charge in [-0.05, 0) is 87.8 Å². The van der Waals surface area contributed by atoms with E-state index < -0.39 is 0 Å². The minimum Gasteiger partial charge on any atom is -0.456 e. The average Bonchev–Trinajstić information content (AvgIpc) is 4.17. The lowest BCUT2D eigenvalue weighted by atomic mass is 9.97. The maximum absolute atomic E-state index is 6.48. The van der Waals surface area contributed by atoms with Crippen LogP contribution in [0.25, 0.3) is 149 Å². The van der Waals surface area contributed by atoms with Crippen LogP contribution in [0.5, 0.6) is 0 Å². The van der Waals surface area contributed by atoms with E-state index in [2.05, 4.69) is 150 Å². The molecule has 0 atom stereocenters. The third-order valence-electron chi connectivity index (χ3n) is 13.4. The van der Waals surface area contributed by atoms with Crippen LogP contribution in [0, 0.1) is 0 Å². The first kappa shape index (κ1) is 38.2. The largest absolute Gasteiger partial charge is 0.456 e. The lowest BCUT2D eigenvalue weighted by Crippen LogP contribution is -2.07. The SMILES string of the molecule is CC.c1ccc2c(c1)ccc1oc3ccc(-c4cccc5c6c7ccccc7ccc6n(-c6nc(-c7ccc8c(c7)oc7ccccc78)nc(-c7ccc8c(c7)oc7ccccc78)n6)c45)cc3c12. The summed E-state index contributed by atoms with van der Waals surface area (Å²) in [6, 6.07) is 67.5. The van der Waals surface area contributed by atoms with Crippen LogP contribution in [0.1, 0.15) is 13.8 Å². The quantitative estimate of drug-likeness (QED) is 0.175. The van der Waals surface area contributed by atoms with Crippen molar-refractivity contribution >= 4 is 109 Å². The summed E-state index contributed by atoms with van der Waals surface area (Å²) in [7, 11) is 0. The molecule has 5 heterocycles. The van der Waals surface area contributed by atoms with Gasteiger partial charge < -0.3 is 13.3 Å². The third-order valence-corrected chi connectivity index (χ3v) is 13.4. The molecule has 0 N–H and O–H groups in total. The first-order chi connectivity index (χ1) is 33.7. The van der Waals surface area contributed by atoms with E-state index in [-0.39, 0.29) is 0 Å². The van der Waals surface area contributed by atoms with E-state index in [1.165, 1.54) is 5.39 Å². The number of nitrogens with zero attached hydrogens (tertiary/aromatic N) is 4. The van der Waals surface area contributed by atoms with Crippen LogP contribution in [0.3, 0.4) is 0 Å². The Labute approximate surface area is 388 Å². The standard InChI is InChI=1S/C59H32N4O3.C2H6/c1-3-12-38-33(10-1)22-27-47-54(38)45-17-9-16-40(35-24-28-50-46(30-35)55-39-13-4-2-11-34(39)23-29-51(55)64-50)56(45)63(47)59-61-57(36-20-25-43-41-14-5-7-18-48(41)65-52(43)31-36)60-58(62-59)37-21-26-44-42-15-6-8-19-49(42)66-53(44)32-37;1-2/h1-32H;1-2H3. The predicted octanol–water partition coefficient (Wildman–Crippen LogP) is 17.0. The van der Waals surface area contributed by atoms with Crippen LogP contribution in [0.15, 0.2) is 207 Å². The van der Waals surface area contributed by atoms with Crippen molar-refractivity contribution in [2.45, 2.75) is 13.8 Å². The minimum absolute atomic E-state index is 0.493. The van der Waals surface area contributed by atoms with Gasteiger partial charge in [0.05, 0.1) is 11.0 Å². The van der Waals surface area contributed by atoms with Gasteiger partial charge in [-0.1, -0.05) is 147 Å². The summed E-state index contributed by atoms with van der Waals surface area (Å²) in [5.41, 5.74) is 10.6. The molecule has 0 spiro atoms. The summed E-state index contributed by atoms with van der Waals surface area (Å²) in [5.74, 6) is 1.54. The molecule has 320 valence electrons. The highest BCUT2D eigenvalue weighted by Crippen LogP contribution is 2.44. The van der Waals surface area contributed by atoms with Crippen molar-refractivity contribution in [3.63, 3.8) is 0 Å². The summed E-state index contributed by atoms with van der Waals surface area (Å²) >= 11 is 0. The first-order valence-electron chi connectivity index (χ1n) is 23.1. The molecule has 7 nitrogen and oxygen atoms in total. The number of hydrogen-bond donors (Lipinski definition) is 0. The van der Waals surface area contributed by atoms with Gasteiger partial charge in [0.25, 0.3) is 0 Å². The normalized spacial score (nSPS) is 12.0. The molecule has 0 aliphatic carbocycles. The molecule has 0 bridgehead atoms. The smallest absolute Gasteiger partial charge is 0.238 e. The van der Waals surface area contributed by atoms with Gasteiger partial charge in [0.15, 0.2) is 11.6 Å². The molecule has 15 rings (SSSR count). The Hall–Kier alpha value is -9.07. The Morgan fingerprint density at radius 1 is 0.338 bits per heavy atom. The molecule has 0 saturated carbocycles. The number of rotatable bonds is 4. The second kappa shape index (κ2) is 14.7. The van der Waals surface area contributed by atoms with Gasteiger partial charge in [-0.15, -0.1) is 0 Å². The zero-order valence-corrected chi connectivity index (χ0v) is 37.0. The zero-order valence-electron chi connectivity index (χ0n) is 37.0. The fraction of sp³-hybridized carbons (Fsp3) is 0.0328. The maximum Gasteiger partial charge on any atom is 0.238 e. The number of fused-ring (bicyclic) bond motifs is 16. The molecule has 15 aromatic rings. The number of hydrogen-bond acceptors (Lipinski definition) is 6. The summed E-state index contributed by atoms with van der Waals surface area (Å²) < 4.78 is 21.5. The van der Waals surface area contributed by atoms with Crippen molar-refractivity contribution < 1.29 is 13.3 Å². The molecule has 7 heteroatoms. The van der Waals surface area contributed by atoms with Crippen molar-refractivity contribution in [1.82, 2.24) is 19.5 Å². The molecular formula is C61H38N4O3. The molecule has 0 amide bonds. The van der Waals surface area contributed by atoms with E-state index in [0.717, 1.165) is 126 Å². The zero-order chi connectivity index (χ0) is 45.0. The number of furan rings is 3. The number of aromatic nitrogens is 4. The Morgan fingerprint density at radius 3 is 1.50 bits per heavy atom. The van der Waals surface area contributed by atoms with E-state index in [4.69, 9.17) is 28.2 Å². The van der Waals surface area contributed by atoms with E-state index in [1.54, 1.807) is 0 Å². The van der Waals surface area contributed by atoms with Crippen molar-refractivity contribution in [3.05, 3.63) is 194 Å². The molecule has 0 radical (unpaired) electrons. The van der Waals surface area contributed by atoms with Crippen molar-refractivity contribution in [2.24, 2.45) is 0 Å². The summed E-state index contributed by atoms with van der Waals surface area (Å²) in [5, 5.41) is 13.2. The Morgan fingerprint density at radius 2 is 0.838 bits per heavy atom. The van der Waals surface area contributed by atoms with Gasteiger partial charge >= 0.3 is 0 Å². The van der Waals surface area contributed by atoms with E-state index >= 15 is 0 Å². The van der Waals surface area contributed by atoms with Crippen molar-refractivity contribution in [1.29, 1.82) is 0 Å². The summed E-state index contributed by atoms with van der Waals surface area (Å²) in [4.78, 5) is 16.1. The van der Waals surface area contributed by atoms with Crippen LogP contribution < -0.4 is 0 Å². The molecule has 5 aromatic heterocycles. The Bertz CT molecular complexity index is 4420. The van der Waals surface area contributed by atoms with Gasteiger partial charge in [0.2, 0.25) is 5.95 Å². The molecule has 0 aliphatic rings. The van der Waals surface area contributed by atoms with E-state index in [0.29, 0.717) is 17.6 Å². The summed E-state index contributed by atoms with van der Waals surface area (Å²) in [6.45, 7) is 4.00. The van der Waals surface area contributed by atoms with Crippen LogP contribution in [0.2, 0.25) is 0 Å². The average molecular weight is 875 g/mol. The highest BCUT2D eigenvalue weighted by atomic mass is 16.3. The monoisotopic (exact) mass is 874 g/mol. The molecule has 0 fully saturated rings. The van der Waals surface area contributed by atoms with Gasteiger partial charge in [-0.2, -0.15) is 9.97 Å². The maximum atomic E-state index is 6.48. The lowest BCUT2D eigenvalue weighted by Gasteiger charge is -2.13. The summed E-state index contributed by atoms with van der Waals surface area (Å²) in [6.07, 6.45) is 0. The van der Waals surface area contributed by atoms with E-state index in [9.17, 15) is 0 Å². The van der Waals surface area contributed by atoms with Crippen LogP contribution >= 0.6 is 0 Å². The Kier molecular flexibility index (Phi) is 8.28. The number of benzene rings is 10. The van der Waals surface area contributed by atoms with Gasteiger partial charge in [0.1, 0.15) is 33.5 Å². The molecular weight excluding hydrogens is 837 g/mol. The highest BCUT2D eigenvalue weighted by Gasteiger charge is 2.23. The second-order valence-electron chi connectivity index (χ2n) is 17.1. The van der Waals surface area contributed by atoms with Crippen LogP contribution in [-0.2, 0) is 0 Å². The second-order valence-corrected chi connectivity index (χ2v) is 17.1. The van der Waals surface area contributed by atoms with Gasteiger partial charge in [0, 0.05) is 59.8 Å². The fourth-order valence-electron chi connectivity index (χ4n) is 10.4. The molecule has 0 unspecified atom stereocenters. The molecule has 0 aliphatic heterocycles. The number of para-hydroxylation sites is 3. The van der Waals surface area contributed by atoms with Crippen molar-refractivity contribution in [2.75, 3.05) is 0 Å². The first-order valence-corrected chi connectivity index (χ1v) is 23.1. The minimum atomic E-state index is 0.493. The predicted molar refractivity (Wildman–Crippen MR) is 279 cm³/mol. The van der Waals surface area contributed by atoms with Crippen LogP contribution in [-0.4, -0.2) is 19.5 Å². The topological polar surface area (TPSA) is 83.0 Å². The van der Waals surface area contributed by atoms with Crippen molar-refractivity contribution in [3.8, 4) is 39.9 Å². The highest BCUT2D eigenvalue weighted by molar-refractivity contribution is 6.24. The third kappa shape index (κ3) is 5.63. The molecule has 10 aromatic carbocycles. The lowest BCUT2D eigenvalue weighted by molar-refractivity contribution is 0.668. The van der Waals surface area contributed by atoms with Gasteiger partial charge in [-0.25, -0.2) is 4.98 Å². The molecule has 0 saturated heterocycles. The van der Waals surface area contributed by atoms with Crippen LogP contribution in [0.4, 0.5) is 0 Å². The fourth-order valence-corrected chi connectivity index (χ4v) is 10.4. The Balaban J connectivity index is 0.00000216.